The molecule has 0 N–H and O–H groups in total. The number of ether oxygens (including phenoxy) is 1. The zero-order valence-corrected chi connectivity index (χ0v) is 13.4. The van der Waals surface area contributed by atoms with Crippen LogP contribution in [0.15, 0.2) is 41.0 Å². The number of nitrogens with zero attached hydrogens (tertiary/aromatic N) is 2. The third-order valence-electron chi connectivity index (χ3n) is 2.54. The molecule has 0 spiro atoms. The highest BCUT2D eigenvalue weighted by molar-refractivity contribution is 9.10. The van der Waals surface area contributed by atoms with Gasteiger partial charge in [0.2, 0.25) is 0 Å². The van der Waals surface area contributed by atoms with Crippen LogP contribution in [0.2, 0.25) is 0 Å². The van der Waals surface area contributed by atoms with Crippen molar-refractivity contribution in [1.29, 1.82) is 0 Å². The maximum Gasteiger partial charge on any atom is 0.310 e. The molecule has 1 aromatic carbocycles. The summed E-state index contributed by atoms with van der Waals surface area (Å²) in [6.45, 7) is 0.180. The number of hydrogen-bond acceptors (Lipinski definition) is 4. The van der Waals surface area contributed by atoms with E-state index in [9.17, 15) is 10.1 Å². The smallest absolute Gasteiger partial charge is 0.310 e. The molecule has 0 unspecified atom stereocenters. The van der Waals surface area contributed by atoms with Gasteiger partial charge < -0.3 is 4.74 Å². The van der Waals surface area contributed by atoms with Crippen LogP contribution in [-0.2, 0) is 11.9 Å². The van der Waals surface area contributed by atoms with Crippen LogP contribution in [0.1, 0.15) is 11.3 Å². The number of pyridine rings is 1. The third-order valence-corrected chi connectivity index (χ3v) is 3.66. The SMILES string of the molecule is O=[N+]([O-])c1ccc(CBr)cc1OCc1ccc(Br)cn1. The summed E-state index contributed by atoms with van der Waals surface area (Å²) in [5.41, 5.74) is 1.56. The molecule has 0 aliphatic carbocycles. The monoisotopic (exact) mass is 400 g/mol. The minimum atomic E-state index is -0.456. The van der Waals surface area contributed by atoms with Crippen molar-refractivity contribution in [3.05, 3.63) is 62.4 Å². The molecule has 0 amide bonds. The summed E-state index contributed by atoms with van der Waals surface area (Å²) in [6, 6.07) is 8.43. The zero-order chi connectivity index (χ0) is 14.5. The van der Waals surface area contributed by atoms with Gasteiger partial charge >= 0.3 is 5.69 Å². The van der Waals surface area contributed by atoms with Gasteiger partial charge in [0, 0.05) is 22.1 Å². The number of nitro groups is 1. The standard InChI is InChI=1S/C13H10Br2N2O3/c14-6-9-1-4-12(17(18)19)13(5-9)20-8-11-3-2-10(15)7-16-11/h1-5,7H,6,8H2. The summed E-state index contributed by atoms with van der Waals surface area (Å²) in [7, 11) is 0. The molecule has 2 rings (SSSR count). The Morgan fingerprint density at radius 2 is 2.10 bits per heavy atom. The van der Waals surface area contributed by atoms with Crippen LogP contribution in [0, 0.1) is 10.1 Å². The van der Waals surface area contributed by atoms with Crippen molar-refractivity contribution < 1.29 is 9.66 Å². The molecule has 20 heavy (non-hydrogen) atoms. The summed E-state index contributed by atoms with van der Waals surface area (Å²) < 4.78 is 6.40. The minimum Gasteiger partial charge on any atom is -0.480 e. The topological polar surface area (TPSA) is 65.3 Å². The van der Waals surface area contributed by atoms with Gasteiger partial charge in [-0.05, 0) is 39.7 Å². The lowest BCUT2D eigenvalue weighted by Crippen LogP contribution is -2.01. The van der Waals surface area contributed by atoms with Crippen molar-refractivity contribution in [2.45, 2.75) is 11.9 Å². The molecule has 5 nitrogen and oxygen atoms in total. The molecule has 1 heterocycles. The molecule has 0 bridgehead atoms. The molecule has 0 radical (unpaired) electrons. The fourth-order valence-electron chi connectivity index (χ4n) is 1.55. The van der Waals surface area contributed by atoms with E-state index in [4.69, 9.17) is 4.74 Å². The predicted molar refractivity (Wildman–Crippen MR) is 82.0 cm³/mol. The number of alkyl halides is 1. The molecule has 0 saturated carbocycles. The minimum absolute atomic E-state index is 0.0492. The van der Waals surface area contributed by atoms with E-state index >= 15 is 0 Å². The number of benzene rings is 1. The summed E-state index contributed by atoms with van der Waals surface area (Å²) in [5.74, 6) is 0.247. The van der Waals surface area contributed by atoms with Crippen LogP contribution >= 0.6 is 31.9 Å². The molecular weight excluding hydrogens is 392 g/mol. The van der Waals surface area contributed by atoms with Gasteiger partial charge in [0.15, 0.2) is 5.75 Å². The van der Waals surface area contributed by atoms with Crippen LogP contribution < -0.4 is 4.74 Å². The van der Waals surface area contributed by atoms with E-state index in [2.05, 4.69) is 36.8 Å². The van der Waals surface area contributed by atoms with Gasteiger partial charge in [-0.1, -0.05) is 22.0 Å². The van der Waals surface area contributed by atoms with Gasteiger partial charge in [-0.25, -0.2) is 0 Å². The molecule has 0 atom stereocenters. The number of hydrogen-bond donors (Lipinski definition) is 0. The van der Waals surface area contributed by atoms with E-state index in [0.29, 0.717) is 11.0 Å². The maximum absolute atomic E-state index is 11.0. The Balaban J connectivity index is 2.18. The first kappa shape index (κ1) is 14.9. The summed E-state index contributed by atoms with van der Waals surface area (Å²) in [4.78, 5) is 14.7. The van der Waals surface area contributed by atoms with Crippen LogP contribution in [0.5, 0.6) is 5.75 Å². The third kappa shape index (κ3) is 3.77. The Morgan fingerprint density at radius 3 is 2.70 bits per heavy atom. The van der Waals surface area contributed by atoms with Gasteiger partial charge in [-0.3, -0.25) is 15.1 Å². The second-order valence-electron chi connectivity index (χ2n) is 3.95. The average molecular weight is 402 g/mol. The van der Waals surface area contributed by atoms with E-state index in [1.807, 2.05) is 6.07 Å². The van der Waals surface area contributed by atoms with E-state index in [1.54, 1.807) is 24.4 Å². The zero-order valence-electron chi connectivity index (χ0n) is 10.3. The molecule has 1 aromatic heterocycles. The quantitative estimate of drug-likeness (QED) is 0.427. The Kier molecular flexibility index (Phi) is 5.08. The Labute approximate surface area is 132 Å². The lowest BCUT2D eigenvalue weighted by Gasteiger charge is -2.07. The van der Waals surface area contributed by atoms with E-state index in [1.165, 1.54) is 6.07 Å². The summed E-state index contributed by atoms with van der Waals surface area (Å²) >= 11 is 6.61. The molecule has 104 valence electrons. The van der Waals surface area contributed by atoms with Gasteiger partial charge in [-0.2, -0.15) is 0 Å². The van der Waals surface area contributed by atoms with E-state index < -0.39 is 4.92 Å². The molecule has 7 heteroatoms. The van der Waals surface area contributed by atoms with Crippen LogP contribution in [0.4, 0.5) is 5.69 Å². The number of rotatable bonds is 5. The highest BCUT2D eigenvalue weighted by Gasteiger charge is 2.15. The second kappa shape index (κ2) is 6.81. The van der Waals surface area contributed by atoms with Crippen molar-refractivity contribution in [2.24, 2.45) is 0 Å². The highest BCUT2D eigenvalue weighted by Crippen LogP contribution is 2.29. The molecule has 0 aliphatic heterocycles. The van der Waals surface area contributed by atoms with Crippen LogP contribution in [0.25, 0.3) is 0 Å². The fourth-order valence-corrected chi connectivity index (χ4v) is 2.13. The largest absolute Gasteiger partial charge is 0.480 e. The van der Waals surface area contributed by atoms with E-state index in [0.717, 1.165) is 10.0 Å². The van der Waals surface area contributed by atoms with Gasteiger partial charge in [-0.15, -0.1) is 0 Å². The number of aromatic nitrogens is 1. The first-order chi connectivity index (χ1) is 9.60. The van der Waals surface area contributed by atoms with E-state index in [-0.39, 0.29) is 18.0 Å². The van der Waals surface area contributed by atoms with Crippen molar-refractivity contribution in [2.75, 3.05) is 0 Å². The van der Waals surface area contributed by atoms with Gasteiger partial charge in [0.25, 0.3) is 0 Å². The normalized spacial score (nSPS) is 10.3. The molecule has 2 aromatic rings. The number of halogens is 2. The van der Waals surface area contributed by atoms with Crippen LogP contribution in [-0.4, -0.2) is 9.91 Å². The van der Waals surface area contributed by atoms with Crippen LogP contribution in [0.3, 0.4) is 0 Å². The second-order valence-corrected chi connectivity index (χ2v) is 5.43. The summed E-state index contributed by atoms with van der Waals surface area (Å²) in [6.07, 6.45) is 1.65. The molecule has 0 saturated heterocycles. The highest BCUT2D eigenvalue weighted by atomic mass is 79.9. The Bertz CT molecular complexity index is 618. The number of nitro benzene ring substituents is 1. The maximum atomic E-state index is 11.0. The van der Waals surface area contributed by atoms with Crippen molar-refractivity contribution in [3.8, 4) is 5.75 Å². The Morgan fingerprint density at radius 1 is 1.30 bits per heavy atom. The lowest BCUT2D eigenvalue weighted by molar-refractivity contribution is -0.386. The van der Waals surface area contributed by atoms with Crippen molar-refractivity contribution >= 4 is 37.5 Å². The predicted octanol–water partition coefficient (Wildman–Crippen LogP) is 4.23. The van der Waals surface area contributed by atoms with Crippen molar-refractivity contribution in [1.82, 2.24) is 4.98 Å². The van der Waals surface area contributed by atoms with Gasteiger partial charge in [0.1, 0.15) is 6.61 Å². The first-order valence-electron chi connectivity index (χ1n) is 5.66. The fraction of sp³-hybridized carbons (Fsp3) is 0.154. The average Bonchev–Trinajstić information content (AvgIpc) is 2.46. The first-order valence-corrected chi connectivity index (χ1v) is 7.58. The summed E-state index contributed by atoms with van der Waals surface area (Å²) in [5, 5.41) is 11.6. The molecule has 0 aliphatic rings. The molecular formula is C13H10Br2N2O3. The lowest BCUT2D eigenvalue weighted by atomic mass is 10.2. The van der Waals surface area contributed by atoms with Crippen molar-refractivity contribution in [3.63, 3.8) is 0 Å². The Hall–Kier alpha value is -1.47. The molecule has 0 fully saturated rings. The van der Waals surface area contributed by atoms with Gasteiger partial charge in [0.05, 0.1) is 10.6 Å².